The molecule has 0 spiro atoms. The maximum atomic E-state index is 13.1. The maximum absolute atomic E-state index is 13.1. The second-order valence-corrected chi connectivity index (χ2v) is 3.35. The predicted molar refractivity (Wildman–Crippen MR) is 59.6 cm³/mol. The van der Waals surface area contributed by atoms with Gasteiger partial charge in [0.25, 0.3) is 5.56 Å². The summed E-state index contributed by atoms with van der Waals surface area (Å²) in [5, 5.41) is 0. The van der Waals surface area contributed by atoms with E-state index in [1.165, 1.54) is 31.4 Å². The minimum Gasteiger partial charge on any atom is -0.496 e. The highest BCUT2D eigenvalue weighted by Gasteiger charge is 2.09. The summed E-state index contributed by atoms with van der Waals surface area (Å²) in [5.41, 5.74) is -0.695. The molecule has 0 bridgehead atoms. The molecule has 1 heterocycles. The molecule has 1 aromatic carbocycles. The summed E-state index contributed by atoms with van der Waals surface area (Å²) in [5.74, 6) is -0.116. The van der Waals surface area contributed by atoms with Crippen molar-refractivity contribution < 1.29 is 9.13 Å². The average Bonchev–Trinajstić information content (AvgIpc) is 2.27. The zero-order chi connectivity index (χ0) is 12.4. The van der Waals surface area contributed by atoms with E-state index in [9.17, 15) is 14.0 Å². The van der Waals surface area contributed by atoms with Gasteiger partial charge in [0.15, 0.2) is 0 Å². The highest BCUT2D eigenvalue weighted by molar-refractivity contribution is 5.66. The number of nitrogens with one attached hydrogen (secondary N) is 2. The number of benzene rings is 1. The highest BCUT2D eigenvalue weighted by atomic mass is 19.1. The molecular weight excluding hydrogens is 227 g/mol. The minimum atomic E-state index is -0.654. The van der Waals surface area contributed by atoms with E-state index in [1.54, 1.807) is 0 Å². The fraction of sp³-hybridized carbons (Fsp3) is 0.0909. The van der Waals surface area contributed by atoms with Crippen LogP contribution < -0.4 is 16.0 Å². The Morgan fingerprint density at radius 1 is 1.18 bits per heavy atom. The molecule has 1 aromatic heterocycles. The van der Waals surface area contributed by atoms with E-state index in [2.05, 4.69) is 4.98 Å². The number of aromatic nitrogens is 2. The molecule has 17 heavy (non-hydrogen) atoms. The molecule has 88 valence electrons. The van der Waals surface area contributed by atoms with Gasteiger partial charge in [-0.15, -0.1) is 0 Å². The zero-order valence-electron chi connectivity index (χ0n) is 8.91. The first-order valence-corrected chi connectivity index (χ1v) is 4.77. The Bertz CT molecular complexity index is 632. The van der Waals surface area contributed by atoms with Crippen LogP contribution in [0.3, 0.4) is 0 Å². The van der Waals surface area contributed by atoms with Crippen LogP contribution in [0.4, 0.5) is 4.39 Å². The van der Waals surface area contributed by atoms with Gasteiger partial charge in [-0.05, 0) is 18.2 Å². The van der Waals surface area contributed by atoms with Crippen LogP contribution in [0.15, 0.2) is 33.9 Å². The fourth-order valence-corrected chi connectivity index (χ4v) is 1.50. The van der Waals surface area contributed by atoms with Crippen LogP contribution in [0.1, 0.15) is 0 Å². The smallest absolute Gasteiger partial charge is 0.326 e. The van der Waals surface area contributed by atoms with E-state index >= 15 is 0 Å². The molecule has 0 amide bonds. The third-order valence-electron chi connectivity index (χ3n) is 2.21. The van der Waals surface area contributed by atoms with E-state index in [0.29, 0.717) is 11.3 Å². The van der Waals surface area contributed by atoms with Crippen molar-refractivity contribution in [2.45, 2.75) is 0 Å². The Kier molecular flexibility index (Phi) is 2.78. The molecule has 0 fully saturated rings. The summed E-state index contributed by atoms with van der Waals surface area (Å²) < 4.78 is 18.2. The molecule has 6 heteroatoms. The van der Waals surface area contributed by atoms with Crippen LogP contribution in [-0.4, -0.2) is 17.1 Å². The van der Waals surface area contributed by atoms with Crippen LogP contribution in [0.25, 0.3) is 11.3 Å². The van der Waals surface area contributed by atoms with E-state index < -0.39 is 17.1 Å². The van der Waals surface area contributed by atoms with Gasteiger partial charge in [0, 0.05) is 11.6 Å². The topological polar surface area (TPSA) is 75.0 Å². The summed E-state index contributed by atoms with van der Waals surface area (Å²) in [4.78, 5) is 26.7. The maximum Gasteiger partial charge on any atom is 0.326 e. The summed E-state index contributed by atoms with van der Waals surface area (Å²) >= 11 is 0. The van der Waals surface area contributed by atoms with Crippen molar-refractivity contribution in [2.24, 2.45) is 0 Å². The van der Waals surface area contributed by atoms with E-state index in [1.807, 2.05) is 4.98 Å². The SMILES string of the molecule is COc1ccc(F)cc1-c1cc(=O)[nH]c(=O)[nH]1. The number of hydrogen-bond donors (Lipinski definition) is 2. The van der Waals surface area contributed by atoms with Crippen molar-refractivity contribution in [1.29, 1.82) is 0 Å². The van der Waals surface area contributed by atoms with Crippen LogP contribution in [-0.2, 0) is 0 Å². The van der Waals surface area contributed by atoms with Gasteiger partial charge >= 0.3 is 5.69 Å². The van der Waals surface area contributed by atoms with Crippen molar-refractivity contribution >= 4 is 0 Å². The molecule has 0 aliphatic carbocycles. The highest BCUT2D eigenvalue weighted by Crippen LogP contribution is 2.27. The van der Waals surface area contributed by atoms with Gasteiger partial charge < -0.3 is 9.72 Å². The van der Waals surface area contributed by atoms with Gasteiger partial charge in [0.1, 0.15) is 11.6 Å². The first kappa shape index (κ1) is 11.1. The van der Waals surface area contributed by atoms with Crippen LogP contribution in [0.2, 0.25) is 0 Å². The van der Waals surface area contributed by atoms with Crippen molar-refractivity contribution in [3.63, 3.8) is 0 Å². The van der Waals surface area contributed by atoms with Crippen LogP contribution in [0.5, 0.6) is 5.75 Å². The largest absolute Gasteiger partial charge is 0.496 e. The van der Waals surface area contributed by atoms with E-state index in [-0.39, 0.29) is 5.69 Å². The standard InChI is InChI=1S/C11H9FN2O3/c1-17-9-3-2-6(12)4-7(9)8-5-10(15)14-11(16)13-8/h2-5H,1H3,(H2,13,14,15,16). The lowest BCUT2D eigenvalue weighted by atomic mass is 10.1. The molecule has 0 unspecified atom stereocenters. The lowest BCUT2D eigenvalue weighted by Crippen LogP contribution is -2.21. The Morgan fingerprint density at radius 3 is 2.59 bits per heavy atom. The van der Waals surface area contributed by atoms with Crippen molar-refractivity contribution in [3.8, 4) is 17.0 Å². The molecule has 2 N–H and O–H groups in total. The number of aromatic amines is 2. The van der Waals surface area contributed by atoms with Crippen LogP contribution >= 0.6 is 0 Å². The third kappa shape index (κ3) is 2.25. The molecule has 0 aliphatic heterocycles. The molecular formula is C11H9FN2O3. The predicted octanol–water partition coefficient (Wildman–Crippen LogP) is 0.878. The molecule has 0 aliphatic rings. The van der Waals surface area contributed by atoms with Crippen molar-refractivity contribution in [3.05, 3.63) is 50.9 Å². The average molecular weight is 236 g/mol. The van der Waals surface area contributed by atoms with Crippen molar-refractivity contribution in [2.75, 3.05) is 7.11 Å². The minimum absolute atomic E-state index is 0.204. The van der Waals surface area contributed by atoms with Gasteiger partial charge in [-0.1, -0.05) is 0 Å². The second-order valence-electron chi connectivity index (χ2n) is 3.35. The monoisotopic (exact) mass is 236 g/mol. The third-order valence-corrected chi connectivity index (χ3v) is 2.21. The Labute approximate surface area is 94.9 Å². The summed E-state index contributed by atoms with van der Waals surface area (Å²) in [6.07, 6.45) is 0. The van der Waals surface area contributed by atoms with Crippen molar-refractivity contribution in [1.82, 2.24) is 9.97 Å². The number of halogens is 1. The van der Waals surface area contributed by atoms with Gasteiger partial charge in [0.05, 0.1) is 12.8 Å². The number of H-pyrrole nitrogens is 2. The molecule has 2 aromatic rings. The zero-order valence-corrected chi connectivity index (χ0v) is 8.91. The second kappa shape index (κ2) is 4.25. The molecule has 5 nitrogen and oxygen atoms in total. The van der Waals surface area contributed by atoms with E-state index in [0.717, 1.165) is 0 Å². The first-order chi connectivity index (χ1) is 8.10. The normalized spacial score (nSPS) is 10.2. The van der Waals surface area contributed by atoms with Gasteiger partial charge in [-0.3, -0.25) is 9.78 Å². The Morgan fingerprint density at radius 2 is 1.94 bits per heavy atom. The summed E-state index contributed by atoms with van der Waals surface area (Å²) in [7, 11) is 1.42. The molecule has 0 radical (unpaired) electrons. The Balaban J connectivity index is 2.70. The van der Waals surface area contributed by atoms with E-state index in [4.69, 9.17) is 4.74 Å². The first-order valence-electron chi connectivity index (χ1n) is 4.77. The molecule has 2 rings (SSSR count). The number of hydrogen-bond acceptors (Lipinski definition) is 3. The number of rotatable bonds is 2. The molecule has 0 saturated heterocycles. The van der Waals surface area contributed by atoms with Gasteiger partial charge in [-0.2, -0.15) is 0 Å². The fourth-order valence-electron chi connectivity index (χ4n) is 1.50. The lowest BCUT2D eigenvalue weighted by molar-refractivity contribution is 0.415. The van der Waals surface area contributed by atoms with Gasteiger partial charge in [0.2, 0.25) is 0 Å². The number of methoxy groups -OCH3 is 1. The molecule has 0 atom stereocenters. The lowest BCUT2D eigenvalue weighted by Gasteiger charge is -2.07. The number of ether oxygens (including phenoxy) is 1. The summed E-state index contributed by atoms with van der Waals surface area (Å²) in [6.45, 7) is 0. The summed E-state index contributed by atoms with van der Waals surface area (Å²) in [6, 6.07) is 5.00. The quantitative estimate of drug-likeness (QED) is 0.812. The molecule has 0 saturated carbocycles. The van der Waals surface area contributed by atoms with Crippen LogP contribution in [0, 0.1) is 5.82 Å². The van der Waals surface area contributed by atoms with Gasteiger partial charge in [-0.25, -0.2) is 9.18 Å². The Hall–Kier alpha value is -2.37.